The third kappa shape index (κ3) is 2.38. The quantitative estimate of drug-likeness (QED) is 0.802. The third-order valence-corrected chi connectivity index (χ3v) is 5.71. The Labute approximate surface area is 122 Å². The smallest absolute Gasteiger partial charge is 0.312 e. The van der Waals surface area contributed by atoms with E-state index in [1.807, 2.05) is 13.8 Å². The maximum absolute atomic E-state index is 12.5. The molecule has 0 aromatic carbocycles. The lowest BCUT2D eigenvalue weighted by molar-refractivity contribution is -0.225. The molecule has 4 aliphatic carbocycles. The molecule has 3 heteroatoms. The second-order valence-electron chi connectivity index (χ2n) is 8.39. The van der Waals surface area contributed by atoms with Crippen molar-refractivity contribution in [3.8, 4) is 0 Å². The fourth-order valence-corrected chi connectivity index (χ4v) is 5.31. The molecule has 1 N–H and O–H groups in total. The maximum Gasteiger partial charge on any atom is 0.312 e. The van der Waals surface area contributed by atoms with Crippen LogP contribution in [0.5, 0.6) is 0 Å². The molecule has 0 radical (unpaired) electrons. The largest absolute Gasteiger partial charge is 0.459 e. The Morgan fingerprint density at radius 1 is 1.25 bits per heavy atom. The molecule has 4 bridgehead atoms. The molecule has 0 amide bonds. The van der Waals surface area contributed by atoms with Crippen LogP contribution < -0.4 is 0 Å². The fourth-order valence-electron chi connectivity index (χ4n) is 5.31. The highest BCUT2D eigenvalue weighted by Crippen LogP contribution is 2.59. The Hall–Kier alpha value is -0.570. The lowest BCUT2D eigenvalue weighted by Gasteiger charge is -2.59. The molecule has 4 fully saturated rings. The molecule has 4 aliphatic rings. The van der Waals surface area contributed by atoms with Crippen LogP contribution in [-0.2, 0) is 9.53 Å². The number of carbonyl (C=O) groups excluding carboxylic acids is 1. The minimum atomic E-state index is -0.556. The molecule has 4 saturated carbocycles. The number of hydrogen-bond donors (Lipinski definition) is 1. The Morgan fingerprint density at radius 2 is 1.85 bits per heavy atom. The minimum absolute atomic E-state index is 0.0649. The Balaban J connectivity index is 1.75. The summed E-state index contributed by atoms with van der Waals surface area (Å²) in [6.07, 6.45) is 7.52. The first-order valence-electron chi connectivity index (χ1n) is 8.22. The van der Waals surface area contributed by atoms with Gasteiger partial charge < -0.3 is 9.84 Å². The number of aliphatic hydroxyl groups is 1. The van der Waals surface area contributed by atoms with Gasteiger partial charge in [-0.3, -0.25) is 4.79 Å². The molecule has 20 heavy (non-hydrogen) atoms. The molecule has 4 rings (SSSR count). The maximum atomic E-state index is 12.5. The zero-order valence-corrected chi connectivity index (χ0v) is 13.1. The molecule has 0 aromatic heterocycles. The van der Waals surface area contributed by atoms with Gasteiger partial charge in [-0.25, -0.2) is 0 Å². The van der Waals surface area contributed by atoms with Gasteiger partial charge in [-0.2, -0.15) is 0 Å². The average Bonchev–Trinajstić information content (AvgIpc) is 2.24. The molecule has 2 unspecified atom stereocenters. The first-order valence-corrected chi connectivity index (χ1v) is 8.22. The lowest BCUT2D eigenvalue weighted by Crippen LogP contribution is -2.61. The molecule has 0 aromatic rings. The summed E-state index contributed by atoms with van der Waals surface area (Å²) in [6.45, 7) is 6.06. The SMILES string of the molecule is CCCC(C)(C)C(=O)OC12CC3CC(CC(O)(C3)C1)C2. The molecular weight excluding hydrogens is 252 g/mol. The summed E-state index contributed by atoms with van der Waals surface area (Å²) in [7, 11) is 0. The summed E-state index contributed by atoms with van der Waals surface area (Å²) < 4.78 is 6.03. The van der Waals surface area contributed by atoms with E-state index < -0.39 is 11.0 Å². The van der Waals surface area contributed by atoms with Gasteiger partial charge in [-0.15, -0.1) is 0 Å². The van der Waals surface area contributed by atoms with Crippen molar-refractivity contribution < 1.29 is 14.6 Å². The summed E-state index contributed by atoms with van der Waals surface area (Å²) in [5, 5.41) is 10.7. The first kappa shape index (κ1) is 14.4. The first-order chi connectivity index (χ1) is 9.26. The van der Waals surface area contributed by atoms with E-state index in [2.05, 4.69) is 6.92 Å². The van der Waals surface area contributed by atoms with E-state index >= 15 is 0 Å². The van der Waals surface area contributed by atoms with Crippen LogP contribution in [-0.4, -0.2) is 22.3 Å². The van der Waals surface area contributed by atoms with Gasteiger partial charge in [0.25, 0.3) is 0 Å². The van der Waals surface area contributed by atoms with E-state index in [0.717, 1.165) is 38.5 Å². The highest BCUT2D eigenvalue weighted by atomic mass is 16.6. The minimum Gasteiger partial charge on any atom is -0.459 e. The Morgan fingerprint density at radius 3 is 2.35 bits per heavy atom. The van der Waals surface area contributed by atoms with Crippen LogP contribution in [0.25, 0.3) is 0 Å². The van der Waals surface area contributed by atoms with E-state index in [4.69, 9.17) is 4.74 Å². The van der Waals surface area contributed by atoms with E-state index in [1.54, 1.807) is 0 Å². The number of hydrogen-bond acceptors (Lipinski definition) is 3. The van der Waals surface area contributed by atoms with E-state index in [9.17, 15) is 9.90 Å². The van der Waals surface area contributed by atoms with Crippen LogP contribution in [0.4, 0.5) is 0 Å². The van der Waals surface area contributed by atoms with Gasteiger partial charge >= 0.3 is 5.97 Å². The Kier molecular flexibility index (Phi) is 3.20. The van der Waals surface area contributed by atoms with Gasteiger partial charge in [-0.05, 0) is 64.2 Å². The number of ether oxygens (including phenoxy) is 1. The summed E-state index contributed by atoms with van der Waals surface area (Å²) in [4.78, 5) is 12.5. The average molecular weight is 280 g/mol. The number of esters is 1. The van der Waals surface area contributed by atoms with Gasteiger partial charge in [0.05, 0.1) is 11.0 Å². The lowest BCUT2D eigenvalue weighted by atomic mass is 9.52. The van der Waals surface area contributed by atoms with Crippen LogP contribution in [0.3, 0.4) is 0 Å². The van der Waals surface area contributed by atoms with Gasteiger partial charge in [-0.1, -0.05) is 13.3 Å². The summed E-state index contributed by atoms with van der Waals surface area (Å²) in [6, 6.07) is 0. The molecule has 0 aliphatic heterocycles. The van der Waals surface area contributed by atoms with Crippen LogP contribution in [0.15, 0.2) is 0 Å². The molecule has 2 atom stereocenters. The molecule has 0 heterocycles. The van der Waals surface area contributed by atoms with Crippen LogP contribution in [0.2, 0.25) is 0 Å². The number of carbonyl (C=O) groups is 1. The predicted molar refractivity (Wildman–Crippen MR) is 77.1 cm³/mol. The van der Waals surface area contributed by atoms with Gasteiger partial charge in [0, 0.05) is 6.42 Å². The summed E-state index contributed by atoms with van der Waals surface area (Å²) in [5.74, 6) is 1.05. The highest BCUT2D eigenvalue weighted by Gasteiger charge is 2.59. The van der Waals surface area contributed by atoms with E-state index in [-0.39, 0.29) is 11.6 Å². The summed E-state index contributed by atoms with van der Waals surface area (Å²) >= 11 is 0. The van der Waals surface area contributed by atoms with Crippen molar-refractivity contribution in [2.45, 2.75) is 83.3 Å². The summed E-state index contributed by atoms with van der Waals surface area (Å²) in [5.41, 5.74) is -1.32. The topological polar surface area (TPSA) is 46.5 Å². The normalized spacial score (nSPS) is 42.8. The molecule has 114 valence electrons. The van der Waals surface area contributed by atoms with Crippen LogP contribution >= 0.6 is 0 Å². The van der Waals surface area contributed by atoms with Crippen molar-refractivity contribution in [1.29, 1.82) is 0 Å². The van der Waals surface area contributed by atoms with Crippen molar-refractivity contribution in [3.63, 3.8) is 0 Å². The Bertz CT molecular complexity index is 398. The van der Waals surface area contributed by atoms with Crippen LogP contribution in [0, 0.1) is 17.3 Å². The van der Waals surface area contributed by atoms with Crippen molar-refractivity contribution in [3.05, 3.63) is 0 Å². The zero-order chi connectivity index (χ0) is 14.6. The van der Waals surface area contributed by atoms with Gasteiger partial charge in [0.2, 0.25) is 0 Å². The third-order valence-electron chi connectivity index (χ3n) is 5.71. The highest BCUT2D eigenvalue weighted by molar-refractivity contribution is 5.76. The van der Waals surface area contributed by atoms with Crippen molar-refractivity contribution in [2.75, 3.05) is 0 Å². The molecule has 0 saturated heterocycles. The van der Waals surface area contributed by atoms with Gasteiger partial charge in [0.15, 0.2) is 0 Å². The van der Waals surface area contributed by atoms with Crippen molar-refractivity contribution in [2.24, 2.45) is 17.3 Å². The van der Waals surface area contributed by atoms with E-state index in [0.29, 0.717) is 18.3 Å². The number of rotatable bonds is 4. The second-order valence-corrected chi connectivity index (χ2v) is 8.39. The van der Waals surface area contributed by atoms with Gasteiger partial charge in [0.1, 0.15) is 5.60 Å². The molecular formula is C17H28O3. The standard InChI is InChI=1S/C17H28O3/c1-4-5-15(2,3)14(18)20-17-9-12-6-13(10-17)8-16(19,7-12)11-17/h12-13,19H,4-11H2,1-3H3. The predicted octanol–water partition coefficient (Wildman–Crippen LogP) is 3.44. The van der Waals surface area contributed by atoms with Crippen LogP contribution in [0.1, 0.15) is 72.1 Å². The van der Waals surface area contributed by atoms with Crippen molar-refractivity contribution >= 4 is 5.97 Å². The molecule has 0 spiro atoms. The fraction of sp³-hybridized carbons (Fsp3) is 0.941. The second kappa shape index (κ2) is 4.46. The monoisotopic (exact) mass is 280 g/mol. The van der Waals surface area contributed by atoms with E-state index in [1.165, 1.54) is 6.42 Å². The molecule has 3 nitrogen and oxygen atoms in total. The zero-order valence-electron chi connectivity index (χ0n) is 13.1. The van der Waals surface area contributed by atoms with Crippen molar-refractivity contribution in [1.82, 2.24) is 0 Å².